The first-order valence-corrected chi connectivity index (χ1v) is 9.63. The number of hydrogen-bond acceptors (Lipinski definition) is 3. The lowest BCUT2D eigenvalue weighted by Crippen LogP contribution is -2.10. The first-order valence-electron chi connectivity index (χ1n) is 9.25. The predicted molar refractivity (Wildman–Crippen MR) is 119 cm³/mol. The molecule has 0 aliphatic rings. The van der Waals surface area contributed by atoms with Gasteiger partial charge in [0.2, 0.25) is 0 Å². The molecule has 0 spiro atoms. The van der Waals surface area contributed by atoms with E-state index >= 15 is 0 Å². The second-order valence-electron chi connectivity index (χ2n) is 7.14. The maximum Gasteiger partial charge on any atom is 0.0730 e. The van der Waals surface area contributed by atoms with Crippen molar-refractivity contribution in [3.63, 3.8) is 0 Å². The van der Waals surface area contributed by atoms with Gasteiger partial charge in [0.15, 0.2) is 0 Å². The van der Waals surface area contributed by atoms with Crippen LogP contribution in [-0.2, 0) is 6.54 Å². The molecule has 4 aromatic rings. The van der Waals surface area contributed by atoms with Crippen LogP contribution in [0.1, 0.15) is 5.56 Å². The fourth-order valence-electron chi connectivity index (χ4n) is 3.29. The number of rotatable bonds is 5. The molecule has 28 heavy (non-hydrogen) atoms. The van der Waals surface area contributed by atoms with Gasteiger partial charge in [0.05, 0.1) is 16.9 Å². The van der Waals surface area contributed by atoms with Gasteiger partial charge in [-0.25, -0.2) is 4.98 Å². The number of para-hydroxylation sites is 1. The van der Waals surface area contributed by atoms with Gasteiger partial charge in [-0.2, -0.15) is 0 Å². The molecule has 3 aromatic carbocycles. The van der Waals surface area contributed by atoms with E-state index in [0.717, 1.165) is 40.1 Å². The summed E-state index contributed by atoms with van der Waals surface area (Å²) in [4.78, 5) is 6.99. The van der Waals surface area contributed by atoms with E-state index < -0.39 is 0 Å². The van der Waals surface area contributed by atoms with Crippen molar-refractivity contribution < 1.29 is 0 Å². The van der Waals surface area contributed by atoms with Gasteiger partial charge in [-0.05, 0) is 56.1 Å². The molecule has 0 radical (unpaired) electrons. The standard InChI is InChI=1S/C24H22ClN3/c1-28(2)16-17-10-12-20(13-11-17)26-24-15-23(18-6-5-7-19(25)14-18)27-22-9-4-3-8-21(22)24/h3-15H,16H2,1-2H3,(H,26,27). The zero-order valence-corrected chi connectivity index (χ0v) is 16.7. The number of fused-ring (bicyclic) bond motifs is 1. The van der Waals surface area contributed by atoms with E-state index in [1.54, 1.807) is 0 Å². The third kappa shape index (κ3) is 4.16. The van der Waals surface area contributed by atoms with Crippen molar-refractivity contribution in [2.24, 2.45) is 0 Å². The Labute approximate surface area is 170 Å². The molecule has 0 unspecified atom stereocenters. The van der Waals surface area contributed by atoms with Gasteiger partial charge in [-0.3, -0.25) is 0 Å². The maximum absolute atomic E-state index is 6.19. The Hall–Kier alpha value is -2.88. The summed E-state index contributed by atoms with van der Waals surface area (Å²) in [6.45, 7) is 0.928. The molecule has 4 heteroatoms. The van der Waals surface area contributed by atoms with E-state index in [0.29, 0.717) is 5.02 Å². The molecule has 0 aliphatic carbocycles. The van der Waals surface area contributed by atoms with Crippen molar-refractivity contribution >= 4 is 33.9 Å². The maximum atomic E-state index is 6.19. The summed E-state index contributed by atoms with van der Waals surface area (Å²) in [5.74, 6) is 0. The number of pyridine rings is 1. The Morgan fingerprint density at radius 1 is 0.893 bits per heavy atom. The molecule has 0 amide bonds. The van der Waals surface area contributed by atoms with Crippen molar-refractivity contribution in [2.75, 3.05) is 19.4 Å². The lowest BCUT2D eigenvalue weighted by atomic mass is 10.1. The molecule has 0 bridgehead atoms. The van der Waals surface area contributed by atoms with Gasteiger partial charge in [0.1, 0.15) is 0 Å². The third-order valence-electron chi connectivity index (χ3n) is 4.57. The summed E-state index contributed by atoms with van der Waals surface area (Å²) in [6, 6.07) is 26.6. The normalized spacial score (nSPS) is 11.1. The number of benzene rings is 3. The van der Waals surface area contributed by atoms with Crippen LogP contribution >= 0.6 is 11.6 Å². The summed E-state index contributed by atoms with van der Waals surface area (Å²) in [7, 11) is 4.15. The van der Waals surface area contributed by atoms with Crippen LogP contribution in [0.2, 0.25) is 5.02 Å². The van der Waals surface area contributed by atoms with Gasteiger partial charge < -0.3 is 10.2 Å². The van der Waals surface area contributed by atoms with Crippen LogP contribution in [0.4, 0.5) is 11.4 Å². The van der Waals surface area contributed by atoms with Crippen LogP contribution in [0.3, 0.4) is 0 Å². The van der Waals surface area contributed by atoms with E-state index in [4.69, 9.17) is 16.6 Å². The zero-order chi connectivity index (χ0) is 19.5. The number of halogens is 1. The average Bonchev–Trinajstić information content (AvgIpc) is 2.69. The number of aromatic nitrogens is 1. The molecule has 1 N–H and O–H groups in total. The lowest BCUT2D eigenvalue weighted by Gasteiger charge is -2.14. The number of anilines is 2. The molecule has 0 saturated carbocycles. The molecule has 0 fully saturated rings. The molecule has 140 valence electrons. The topological polar surface area (TPSA) is 28.2 Å². The van der Waals surface area contributed by atoms with Crippen molar-refractivity contribution in [3.05, 3.63) is 89.4 Å². The van der Waals surface area contributed by atoms with E-state index in [1.165, 1.54) is 5.56 Å². The first-order chi connectivity index (χ1) is 13.6. The molecular formula is C24H22ClN3. The minimum Gasteiger partial charge on any atom is -0.355 e. The minimum atomic E-state index is 0.707. The number of nitrogens with zero attached hydrogens (tertiary/aromatic N) is 2. The highest BCUT2D eigenvalue weighted by Gasteiger charge is 2.08. The molecule has 0 aliphatic heterocycles. The summed E-state index contributed by atoms with van der Waals surface area (Å²) < 4.78 is 0. The monoisotopic (exact) mass is 387 g/mol. The molecule has 0 saturated heterocycles. The van der Waals surface area contributed by atoms with Crippen molar-refractivity contribution in [1.29, 1.82) is 0 Å². The lowest BCUT2D eigenvalue weighted by molar-refractivity contribution is 0.402. The quantitative estimate of drug-likeness (QED) is 0.431. The Morgan fingerprint density at radius 2 is 1.68 bits per heavy atom. The molecule has 1 aromatic heterocycles. The highest BCUT2D eigenvalue weighted by Crippen LogP contribution is 2.31. The van der Waals surface area contributed by atoms with Crippen molar-refractivity contribution in [2.45, 2.75) is 6.54 Å². The molecule has 0 atom stereocenters. The highest BCUT2D eigenvalue weighted by molar-refractivity contribution is 6.30. The summed E-state index contributed by atoms with van der Waals surface area (Å²) >= 11 is 6.19. The average molecular weight is 388 g/mol. The smallest absolute Gasteiger partial charge is 0.0730 e. The highest BCUT2D eigenvalue weighted by atomic mass is 35.5. The Balaban J connectivity index is 1.73. The zero-order valence-electron chi connectivity index (χ0n) is 16.0. The molecule has 1 heterocycles. The number of nitrogens with one attached hydrogen (secondary N) is 1. The summed E-state index contributed by atoms with van der Waals surface area (Å²) in [5.41, 5.74) is 6.22. The number of hydrogen-bond donors (Lipinski definition) is 1. The van der Waals surface area contributed by atoms with Gasteiger partial charge in [-0.1, -0.05) is 54.1 Å². The van der Waals surface area contributed by atoms with E-state index in [1.807, 2.05) is 42.5 Å². The second-order valence-corrected chi connectivity index (χ2v) is 7.58. The molecular weight excluding hydrogens is 366 g/mol. The molecule has 4 rings (SSSR count). The van der Waals surface area contributed by atoms with Gasteiger partial charge in [-0.15, -0.1) is 0 Å². The Morgan fingerprint density at radius 3 is 2.43 bits per heavy atom. The fourth-order valence-corrected chi connectivity index (χ4v) is 3.48. The van der Waals surface area contributed by atoms with E-state index in [2.05, 4.69) is 60.7 Å². The van der Waals surface area contributed by atoms with Crippen LogP contribution in [0.5, 0.6) is 0 Å². The largest absolute Gasteiger partial charge is 0.355 e. The first kappa shape index (κ1) is 18.5. The van der Waals surface area contributed by atoms with Crippen LogP contribution < -0.4 is 5.32 Å². The summed E-state index contributed by atoms with van der Waals surface area (Å²) in [5, 5.41) is 5.36. The predicted octanol–water partition coefficient (Wildman–Crippen LogP) is 6.36. The molecule has 3 nitrogen and oxygen atoms in total. The minimum absolute atomic E-state index is 0.707. The van der Waals surface area contributed by atoms with Gasteiger partial charge in [0.25, 0.3) is 0 Å². The van der Waals surface area contributed by atoms with E-state index in [-0.39, 0.29) is 0 Å². The van der Waals surface area contributed by atoms with Crippen LogP contribution in [-0.4, -0.2) is 24.0 Å². The third-order valence-corrected chi connectivity index (χ3v) is 4.80. The van der Waals surface area contributed by atoms with Crippen LogP contribution in [0.25, 0.3) is 22.2 Å². The van der Waals surface area contributed by atoms with E-state index in [9.17, 15) is 0 Å². The van der Waals surface area contributed by atoms with Crippen LogP contribution in [0, 0.1) is 0 Å². The van der Waals surface area contributed by atoms with Gasteiger partial charge in [0, 0.05) is 28.2 Å². The summed E-state index contributed by atoms with van der Waals surface area (Å²) in [6.07, 6.45) is 0. The van der Waals surface area contributed by atoms with Gasteiger partial charge >= 0.3 is 0 Å². The SMILES string of the molecule is CN(C)Cc1ccc(Nc2cc(-c3cccc(Cl)c3)nc3ccccc23)cc1. The Bertz CT molecular complexity index is 1100. The Kier molecular flexibility index (Phi) is 5.29. The second kappa shape index (κ2) is 8.01. The van der Waals surface area contributed by atoms with Crippen LogP contribution in [0.15, 0.2) is 78.9 Å². The fraction of sp³-hybridized carbons (Fsp3) is 0.125. The van der Waals surface area contributed by atoms with Crippen molar-refractivity contribution in [1.82, 2.24) is 9.88 Å². The van der Waals surface area contributed by atoms with Crippen molar-refractivity contribution in [3.8, 4) is 11.3 Å².